The van der Waals surface area contributed by atoms with Crippen LogP contribution in [0.4, 0.5) is 0 Å². The van der Waals surface area contributed by atoms with Crippen LogP contribution >= 0.6 is 11.6 Å². The standard InChI is InChI=1S/C20H27ClN6O4S/c1-24-8-12-26(13-9-24)32(29,30)27-14-10-25(11-15-27)19(28)7-6-18-22-20(23-31-18)16-2-4-17(21)5-3-16/h2-5H,6-15H2,1H3. The van der Waals surface area contributed by atoms with Gasteiger partial charge in [-0.3, -0.25) is 4.79 Å². The summed E-state index contributed by atoms with van der Waals surface area (Å²) in [4.78, 5) is 20.8. The molecule has 2 aliphatic rings. The molecule has 2 saturated heterocycles. The van der Waals surface area contributed by atoms with Crippen molar-refractivity contribution in [2.45, 2.75) is 12.8 Å². The molecule has 4 rings (SSSR count). The first-order valence-electron chi connectivity index (χ1n) is 10.6. The second-order valence-electron chi connectivity index (χ2n) is 8.01. The monoisotopic (exact) mass is 482 g/mol. The summed E-state index contributed by atoms with van der Waals surface area (Å²) < 4.78 is 34.0. The van der Waals surface area contributed by atoms with Crippen LogP contribution in [0.2, 0.25) is 5.02 Å². The van der Waals surface area contributed by atoms with Crippen molar-refractivity contribution in [2.24, 2.45) is 0 Å². The number of aryl methyl sites for hydroxylation is 1. The predicted molar refractivity (Wildman–Crippen MR) is 119 cm³/mol. The maximum atomic E-state index is 12.9. The second kappa shape index (κ2) is 9.84. The number of halogens is 1. The molecule has 1 aromatic carbocycles. The van der Waals surface area contributed by atoms with Crippen molar-refractivity contribution in [2.75, 3.05) is 59.4 Å². The first kappa shape index (κ1) is 23.1. The van der Waals surface area contributed by atoms with Gasteiger partial charge in [-0.15, -0.1) is 0 Å². The summed E-state index contributed by atoms with van der Waals surface area (Å²) in [5, 5.41) is 4.58. The first-order chi connectivity index (χ1) is 15.3. The fourth-order valence-corrected chi connectivity index (χ4v) is 5.50. The van der Waals surface area contributed by atoms with E-state index in [1.54, 1.807) is 33.5 Å². The van der Waals surface area contributed by atoms with E-state index in [4.69, 9.17) is 16.1 Å². The van der Waals surface area contributed by atoms with Gasteiger partial charge in [0.2, 0.25) is 17.6 Å². The van der Waals surface area contributed by atoms with Crippen molar-refractivity contribution >= 4 is 27.7 Å². The number of rotatable bonds is 6. The van der Waals surface area contributed by atoms with E-state index in [0.717, 1.165) is 18.7 Å². The number of carbonyl (C=O) groups excluding carboxylic acids is 1. The van der Waals surface area contributed by atoms with Crippen LogP contribution in [0.5, 0.6) is 0 Å². The summed E-state index contributed by atoms with van der Waals surface area (Å²) in [6.07, 6.45) is 0.562. The molecule has 2 aliphatic heterocycles. The zero-order valence-corrected chi connectivity index (χ0v) is 19.6. The Balaban J connectivity index is 1.26. The molecule has 2 fully saturated rings. The number of hydrogen-bond donors (Lipinski definition) is 0. The lowest BCUT2D eigenvalue weighted by Crippen LogP contribution is -2.57. The molecular weight excluding hydrogens is 456 g/mol. The van der Waals surface area contributed by atoms with Gasteiger partial charge in [0.1, 0.15) is 0 Å². The molecule has 32 heavy (non-hydrogen) atoms. The molecule has 0 bridgehead atoms. The molecule has 1 amide bonds. The van der Waals surface area contributed by atoms with E-state index in [9.17, 15) is 13.2 Å². The van der Waals surface area contributed by atoms with E-state index in [-0.39, 0.29) is 12.3 Å². The maximum Gasteiger partial charge on any atom is 0.282 e. The minimum Gasteiger partial charge on any atom is -0.340 e. The number of piperazine rings is 2. The van der Waals surface area contributed by atoms with Crippen molar-refractivity contribution in [3.63, 3.8) is 0 Å². The fraction of sp³-hybridized carbons (Fsp3) is 0.550. The Morgan fingerprint density at radius 3 is 2.22 bits per heavy atom. The van der Waals surface area contributed by atoms with Crippen molar-refractivity contribution in [3.05, 3.63) is 35.2 Å². The van der Waals surface area contributed by atoms with E-state index < -0.39 is 10.2 Å². The number of aromatic nitrogens is 2. The van der Waals surface area contributed by atoms with Gasteiger partial charge in [0.15, 0.2) is 0 Å². The minimum atomic E-state index is -3.48. The normalized spacial score (nSPS) is 19.4. The summed E-state index contributed by atoms with van der Waals surface area (Å²) in [6.45, 7) is 3.83. The average molecular weight is 483 g/mol. The van der Waals surface area contributed by atoms with Crippen LogP contribution in [0.1, 0.15) is 12.3 Å². The summed E-state index contributed by atoms with van der Waals surface area (Å²) in [5.41, 5.74) is 0.786. The highest BCUT2D eigenvalue weighted by molar-refractivity contribution is 7.86. The predicted octanol–water partition coefficient (Wildman–Crippen LogP) is 0.959. The number of nitrogens with zero attached hydrogens (tertiary/aromatic N) is 6. The van der Waals surface area contributed by atoms with Crippen LogP contribution in [-0.2, 0) is 21.4 Å². The third-order valence-electron chi connectivity index (χ3n) is 5.83. The van der Waals surface area contributed by atoms with E-state index in [1.807, 2.05) is 7.05 Å². The first-order valence-corrected chi connectivity index (χ1v) is 12.4. The summed E-state index contributed by atoms with van der Waals surface area (Å²) >= 11 is 5.89. The number of likely N-dealkylation sites (N-methyl/N-ethyl adjacent to an activating group) is 1. The largest absolute Gasteiger partial charge is 0.340 e. The Morgan fingerprint density at radius 2 is 1.59 bits per heavy atom. The second-order valence-corrected chi connectivity index (χ2v) is 10.4. The molecule has 0 spiro atoms. The zero-order chi connectivity index (χ0) is 22.7. The van der Waals surface area contributed by atoms with Gasteiger partial charge in [-0.05, 0) is 31.3 Å². The molecule has 10 nitrogen and oxygen atoms in total. The Bertz CT molecular complexity index is 1030. The van der Waals surface area contributed by atoms with Crippen LogP contribution < -0.4 is 0 Å². The van der Waals surface area contributed by atoms with Gasteiger partial charge in [0, 0.05) is 75.8 Å². The Labute approximate surface area is 192 Å². The summed E-state index contributed by atoms with van der Waals surface area (Å²) in [7, 11) is -1.49. The molecular formula is C20H27ClN6O4S. The van der Waals surface area contributed by atoms with Crippen LogP contribution in [0.25, 0.3) is 11.4 Å². The minimum absolute atomic E-state index is 0.0483. The van der Waals surface area contributed by atoms with Crippen LogP contribution in [-0.4, -0.2) is 102 Å². The van der Waals surface area contributed by atoms with Crippen LogP contribution in [0.15, 0.2) is 28.8 Å². The highest BCUT2D eigenvalue weighted by Crippen LogP contribution is 2.19. The van der Waals surface area contributed by atoms with Crippen LogP contribution in [0, 0.1) is 0 Å². The number of amides is 1. The summed E-state index contributed by atoms with van der Waals surface area (Å²) in [5.74, 6) is 0.791. The van der Waals surface area contributed by atoms with E-state index in [2.05, 4.69) is 15.0 Å². The van der Waals surface area contributed by atoms with Gasteiger partial charge < -0.3 is 14.3 Å². The Morgan fingerprint density at radius 1 is 1.00 bits per heavy atom. The number of hydrogen-bond acceptors (Lipinski definition) is 7. The van der Waals surface area contributed by atoms with E-state index in [0.29, 0.717) is 62.4 Å². The molecule has 174 valence electrons. The molecule has 1 aromatic heterocycles. The molecule has 3 heterocycles. The SMILES string of the molecule is CN1CCN(S(=O)(=O)N2CCN(C(=O)CCc3nc(-c4ccc(Cl)cc4)no3)CC2)CC1. The smallest absolute Gasteiger partial charge is 0.282 e. The summed E-state index contributed by atoms with van der Waals surface area (Å²) in [6, 6.07) is 7.11. The van der Waals surface area contributed by atoms with Crippen molar-refractivity contribution in [1.82, 2.24) is 28.6 Å². The van der Waals surface area contributed by atoms with Gasteiger partial charge in [0.25, 0.3) is 10.2 Å². The van der Waals surface area contributed by atoms with Gasteiger partial charge in [-0.1, -0.05) is 16.8 Å². The Hall–Kier alpha value is -2.05. The van der Waals surface area contributed by atoms with Crippen LogP contribution in [0.3, 0.4) is 0 Å². The van der Waals surface area contributed by atoms with Crippen molar-refractivity contribution < 1.29 is 17.7 Å². The lowest BCUT2D eigenvalue weighted by molar-refractivity contribution is -0.132. The van der Waals surface area contributed by atoms with Gasteiger partial charge in [-0.25, -0.2) is 0 Å². The molecule has 2 aromatic rings. The molecule has 0 aliphatic carbocycles. The lowest BCUT2D eigenvalue weighted by atomic mass is 10.2. The van der Waals surface area contributed by atoms with Crippen molar-refractivity contribution in [3.8, 4) is 11.4 Å². The lowest BCUT2D eigenvalue weighted by Gasteiger charge is -2.39. The molecule has 0 atom stereocenters. The topological polar surface area (TPSA) is 103 Å². The highest BCUT2D eigenvalue weighted by atomic mass is 35.5. The highest BCUT2D eigenvalue weighted by Gasteiger charge is 2.34. The third kappa shape index (κ3) is 5.29. The third-order valence-corrected chi connectivity index (χ3v) is 8.12. The number of carbonyl (C=O) groups is 1. The molecule has 12 heteroatoms. The van der Waals surface area contributed by atoms with Gasteiger partial charge >= 0.3 is 0 Å². The van der Waals surface area contributed by atoms with E-state index in [1.165, 1.54) is 4.31 Å². The van der Waals surface area contributed by atoms with Gasteiger partial charge in [0.05, 0.1) is 0 Å². The zero-order valence-electron chi connectivity index (χ0n) is 18.0. The van der Waals surface area contributed by atoms with E-state index >= 15 is 0 Å². The number of benzene rings is 1. The molecule has 0 radical (unpaired) electrons. The quantitative estimate of drug-likeness (QED) is 0.604. The van der Waals surface area contributed by atoms with Gasteiger partial charge in [-0.2, -0.15) is 22.0 Å². The molecule has 0 saturated carbocycles. The fourth-order valence-electron chi connectivity index (χ4n) is 3.79. The molecule has 0 N–H and O–H groups in total. The maximum absolute atomic E-state index is 12.9. The molecule has 0 unspecified atom stereocenters. The van der Waals surface area contributed by atoms with Crippen molar-refractivity contribution in [1.29, 1.82) is 0 Å². The average Bonchev–Trinajstić information content (AvgIpc) is 3.27. The Kier molecular flexibility index (Phi) is 7.11.